The molecule has 0 saturated heterocycles. The Morgan fingerprint density at radius 1 is 1.24 bits per heavy atom. The predicted molar refractivity (Wildman–Crippen MR) is 70.2 cm³/mol. The molecule has 0 radical (unpaired) electrons. The van der Waals surface area contributed by atoms with E-state index in [1.165, 1.54) is 0 Å². The van der Waals surface area contributed by atoms with Crippen LogP contribution >= 0.6 is 0 Å². The van der Waals surface area contributed by atoms with Gasteiger partial charge in [0.15, 0.2) is 0 Å². The molecular weight excluding hydrogens is 214 g/mol. The first-order valence-corrected chi connectivity index (χ1v) is 5.88. The fourth-order valence-corrected chi connectivity index (χ4v) is 1.14. The van der Waals surface area contributed by atoms with Gasteiger partial charge in [0.05, 0.1) is 0 Å². The highest BCUT2D eigenvalue weighted by atomic mass is 16.6. The van der Waals surface area contributed by atoms with Crippen molar-refractivity contribution < 1.29 is 9.53 Å². The zero-order chi connectivity index (χ0) is 13.1. The third-order valence-corrected chi connectivity index (χ3v) is 3.04. The lowest BCUT2D eigenvalue weighted by molar-refractivity contribution is 0.0134. The number of aryl methyl sites for hydroxylation is 1. The summed E-state index contributed by atoms with van der Waals surface area (Å²) in [4.78, 5) is 11.7. The molecular formula is C14H21NO2. The van der Waals surface area contributed by atoms with Crippen molar-refractivity contribution in [2.24, 2.45) is 5.92 Å². The molecule has 1 amide bonds. The van der Waals surface area contributed by atoms with Gasteiger partial charge in [-0.2, -0.15) is 0 Å². The van der Waals surface area contributed by atoms with Gasteiger partial charge in [-0.25, -0.2) is 4.79 Å². The van der Waals surface area contributed by atoms with Gasteiger partial charge in [-0.1, -0.05) is 31.5 Å². The molecule has 0 bridgehead atoms. The van der Waals surface area contributed by atoms with Gasteiger partial charge in [0, 0.05) is 5.69 Å². The molecule has 0 heterocycles. The number of nitrogens with one attached hydrogen (secondary N) is 1. The number of amides is 1. The Morgan fingerprint density at radius 2 is 1.76 bits per heavy atom. The molecule has 0 aliphatic carbocycles. The van der Waals surface area contributed by atoms with E-state index in [4.69, 9.17) is 4.74 Å². The number of hydrogen-bond acceptors (Lipinski definition) is 2. The average molecular weight is 235 g/mol. The number of hydrogen-bond donors (Lipinski definition) is 1. The minimum Gasteiger partial charge on any atom is -0.443 e. The Morgan fingerprint density at radius 3 is 2.24 bits per heavy atom. The molecule has 0 unspecified atom stereocenters. The first-order valence-electron chi connectivity index (χ1n) is 5.88. The SMILES string of the molecule is Cc1ccc(NC(=O)OC(C)(C)C(C)C)cc1. The van der Waals surface area contributed by atoms with Gasteiger partial charge >= 0.3 is 6.09 Å². The molecule has 3 heteroatoms. The van der Waals surface area contributed by atoms with E-state index in [2.05, 4.69) is 5.32 Å². The lowest BCUT2D eigenvalue weighted by Crippen LogP contribution is -2.35. The maximum absolute atomic E-state index is 11.7. The summed E-state index contributed by atoms with van der Waals surface area (Å²) in [7, 11) is 0. The van der Waals surface area contributed by atoms with Crippen LogP contribution in [0.5, 0.6) is 0 Å². The number of ether oxygens (including phenoxy) is 1. The van der Waals surface area contributed by atoms with Crippen LogP contribution in [-0.2, 0) is 4.74 Å². The first-order chi connectivity index (χ1) is 7.81. The molecule has 3 nitrogen and oxygen atoms in total. The summed E-state index contributed by atoms with van der Waals surface area (Å²) in [6, 6.07) is 7.62. The normalized spacial score (nSPS) is 11.4. The van der Waals surface area contributed by atoms with Crippen molar-refractivity contribution in [3.63, 3.8) is 0 Å². The summed E-state index contributed by atoms with van der Waals surface area (Å²) in [5.74, 6) is 0.270. The summed E-state index contributed by atoms with van der Waals surface area (Å²) >= 11 is 0. The molecule has 0 spiro atoms. The lowest BCUT2D eigenvalue weighted by Gasteiger charge is -2.29. The molecule has 0 fully saturated rings. The maximum Gasteiger partial charge on any atom is 0.412 e. The minimum atomic E-state index is -0.464. The number of benzene rings is 1. The van der Waals surface area contributed by atoms with Crippen molar-refractivity contribution in [2.75, 3.05) is 5.32 Å². The fraction of sp³-hybridized carbons (Fsp3) is 0.500. The first kappa shape index (κ1) is 13.6. The highest BCUT2D eigenvalue weighted by Crippen LogP contribution is 2.21. The summed E-state index contributed by atoms with van der Waals surface area (Å²) in [6.07, 6.45) is -0.410. The van der Waals surface area contributed by atoms with E-state index in [0.29, 0.717) is 0 Å². The van der Waals surface area contributed by atoms with Crippen LogP contribution in [0.1, 0.15) is 33.3 Å². The van der Waals surface area contributed by atoms with E-state index in [-0.39, 0.29) is 5.92 Å². The standard InChI is InChI=1S/C14H21NO2/c1-10(2)14(4,5)17-13(16)15-12-8-6-11(3)7-9-12/h6-10H,1-5H3,(H,15,16). The van der Waals surface area contributed by atoms with Crippen LogP contribution in [0.25, 0.3) is 0 Å². The van der Waals surface area contributed by atoms with Crippen LogP contribution < -0.4 is 5.32 Å². The van der Waals surface area contributed by atoms with Crippen LogP contribution in [0, 0.1) is 12.8 Å². The zero-order valence-corrected chi connectivity index (χ0v) is 11.2. The second kappa shape index (κ2) is 5.21. The Hall–Kier alpha value is -1.51. The molecule has 1 rings (SSSR count). The van der Waals surface area contributed by atoms with Gasteiger partial charge in [0.2, 0.25) is 0 Å². The van der Waals surface area contributed by atoms with E-state index in [9.17, 15) is 4.79 Å². The Balaban J connectivity index is 2.59. The van der Waals surface area contributed by atoms with Crippen molar-refractivity contribution in [1.82, 2.24) is 0 Å². The van der Waals surface area contributed by atoms with E-state index >= 15 is 0 Å². The van der Waals surface area contributed by atoms with Crippen molar-refractivity contribution in [2.45, 2.75) is 40.2 Å². The molecule has 0 aromatic heterocycles. The number of anilines is 1. The van der Waals surface area contributed by atoms with Crippen LogP contribution in [0.2, 0.25) is 0 Å². The minimum absolute atomic E-state index is 0.270. The monoisotopic (exact) mass is 235 g/mol. The summed E-state index contributed by atoms with van der Waals surface area (Å²) in [5.41, 5.74) is 1.45. The number of rotatable bonds is 3. The molecule has 1 aromatic carbocycles. The van der Waals surface area contributed by atoms with Gasteiger partial charge < -0.3 is 4.74 Å². The smallest absolute Gasteiger partial charge is 0.412 e. The predicted octanol–water partition coefficient (Wildman–Crippen LogP) is 3.98. The Labute approximate surface area is 103 Å². The largest absolute Gasteiger partial charge is 0.443 e. The van der Waals surface area contributed by atoms with Gasteiger partial charge in [0.25, 0.3) is 0 Å². The fourth-order valence-electron chi connectivity index (χ4n) is 1.14. The molecule has 0 atom stereocenters. The third-order valence-electron chi connectivity index (χ3n) is 3.04. The quantitative estimate of drug-likeness (QED) is 0.860. The van der Waals surface area contributed by atoms with Crippen LogP contribution in [0.4, 0.5) is 10.5 Å². The summed E-state index contributed by atoms with van der Waals surface area (Å²) in [6.45, 7) is 9.88. The second-order valence-electron chi connectivity index (χ2n) is 5.14. The summed E-state index contributed by atoms with van der Waals surface area (Å²) < 4.78 is 5.38. The van der Waals surface area contributed by atoms with Crippen LogP contribution in [0.3, 0.4) is 0 Å². The van der Waals surface area contributed by atoms with E-state index < -0.39 is 11.7 Å². The van der Waals surface area contributed by atoms with E-state index in [1.54, 1.807) is 0 Å². The maximum atomic E-state index is 11.7. The van der Waals surface area contributed by atoms with Gasteiger partial charge in [0.1, 0.15) is 5.60 Å². The van der Waals surface area contributed by atoms with E-state index in [0.717, 1.165) is 11.3 Å². The van der Waals surface area contributed by atoms with Crippen LogP contribution in [0.15, 0.2) is 24.3 Å². The van der Waals surface area contributed by atoms with Gasteiger partial charge in [-0.15, -0.1) is 0 Å². The van der Waals surface area contributed by atoms with Crippen molar-refractivity contribution in [3.05, 3.63) is 29.8 Å². The van der Waals surface area contributed by atoms with Crippen molar-refractivity contribution in [3.8, 4) is 0 Å². The van der Waals surface area contributed by atoms with Gasteiger partial charge in [-0.05, 0) is 38.8 Å². The highest BCUT2D eigenvalue weighted by molar-refractivity contribution is 5.84. The lowest BCUT2D eigenvalue weighted by atomic mass is 9.95. The molecule has 94 valence electrons. The number of carbonyl (C=O) groups excluding carboxylic acids is 1. The van der Waals surface area contributed by atoms with E-state index in [1.807, 2.05) is 58.9 Å². The average Bonchev–Trinajstić information content (AvgIpc) is 2.20. The molecule has 0 aliphatic rings. The second-order valence-corrected chi connectivity index (χ2v) is 5.14. The number of carbonyl (C=O) groups is 1. The van der Waals surface area contributed by atoms with Crippen LogP contribution in [-0.4, -0.2) is 11.7 Å². The molecule has 0 aliphatic heterocycles. The molecule has 17 heavy (non-hydrogen) atoms. The summed E-state index contributed by atoms with van der Waals surface area (Å²) in [5, 5.41) is 2.72. The topological polar surface area (TPSA) is 38.3 Å². The Bertz CT molecular complexity index is 380. The molecule has 1 N–H and O–H groups in total. The zero-order valence-electron chi connectivity index (χ0n) is 11.2. The highest BCUT2D eigenvalue weighted by Gasteiger charge is 2.26. The van der Waals surface area contributed by atoms with Crippen molar-refractivity contribution >= 4 is 11.8 Å². The van der Waals surface area contributed by atoms with Crippen molar-refractivity contribution in [1.29, 1.82) is 0 Å². The molecule has 0 saturated carbocycles. The third kappa shape index (κ3) is 4.10. The molecule has 1 aromatic rings. The van der Waals surface area contributed by atoms with Gasteiger partial charge in [-0.3, -0.25) is 5.32 Å². The Kier molecular flexibility index (Phi) is 4.16.